The van der Waals surface area contributed by atoms with Crippen molar-refractivity contribution in [3.63, 3.8) is 0 Å². The lowest BCUT2D eigenvalue weighted by Crippen LogP contribution is -2.51. The number of aliphatic hydroxyl groups is 4. The van der Waals surface area contributed by atoms with Crippen molar-refractivity contribution in [2.24, 2.45) is 0 Å². The molecule has 5 N–H and O–H groups in total. The van der Waals surface area contributed by atoms with Crippen molar-refractivity contribution < 1.29 is 30.0 Å². The molecular formula is C14H27NO6. The topological polar surface area (TPSA) is 127 Å². The highest BCUT2D eigenvalue weighted by Crippen LogP contribution is 2.06. The molecule has 0 heterocycles. The number of rotatable bonds is 12. The molecule has 0 aromatic carbocycles. The summed E-state index contributed by atoms with van der Waals surface area (Å²) in [5.41, 5.74) is 0. The van der Waals surface area contributed by atoms with Gasteiger partial charge in [-0.1, -0.05) is 39.0 Å². The third kappa shape index (κ3) is 8.11. The zero-order chi connectivity index (χ0) is 16.3. The van der Waals surface area contributed by atoms with Gasteiger partial charge in [-0.15, -0.1) is 0 Å². The van der Waals surface area contributed by atoms with Gasteiger partial charge in [-0.25, -0.2) is 0 Å². The van der Waals surface area contributed by atoms with E-state index < -0.39 is 30.3 Å². The summed E-state index contributed by atoms with van der Waals surface area (Å²) >= 11 is 0. The minimum Gasteiger partial charge on any atom is -0.387 e. The van der Waals surface area contributed by atoms with Crippen LogP contribution in [0.1, 0.15) is 45.4 Å². The maximum atomic E-state index is 11.5. The lowest BCUT2D eigenvalue weighted by atomic mass is 10.0. The summed E-state index contributed by atoms with van der Waals surface area (Å²) in [6, 6.07) is 0. The van der Waals surface area contributed by atoms with Crippen LogP contribution in [-0.4, -0.2) is 63.6 Å². The van der Waals surface area contributed by atoms with Crippen LogP contribution in [0.3, 0.4) is 0 Å². The van der Waals surface area contributed by atoms with Gasteiger partial charge in [-0.05, 0) is 6.42 Å². The van der Waals surface area contributed by atoms with Crippen molar-refractivity contribution in [2.75, 3.05) is 6.54 Å². The van der Waals surface area contributed by atoms with E-state index in [2.05, 4.69) is 12.2 Å². The summed E-state index contributed by atoms with van der Waals surface area (Å²) in [7, 11) is 0. The molecule has 1 amide bonds. The Morgan fingerprint density at radius 3 is 2.14 bits per heavy atom. The number of nitrogens with one attached hydrogen (secondary N) is 1. The summed E-state index contributed by atoms with van der Waals surface area (Å²) in [4.78, 5) is 21.8. The number of aliphatic hydroxyl groups excluding tert-OH is 4. The third-order valence-electron chi connectivity index (χ3n) is 3.26. The summed E-state index contributed by atoms with van der Waals surface area (Å²) in [5.74, 6) is -0.840. The Morgan fingerprint density at radius 1 is 1.00 bits per heavy atom. The van der Waals surface area contributed by atoms with Gasteiger partial charge in [0.05, 0.1) is 0 Å². The van der Waals surface area contributed by atoms with Gasteiger partial charge in [-0.2, -0.15) is 0 Å². The number of amides is 1. The van der Waals surface area contributed by atoms with E-state index in [-0.39, 0.29) is 6.29 Å². The summed E-state index contributed by atoms with van der Waals surface area (Å²) in [5, 5.41) is 39.8. The minimum atomic E-state index is -1.92. The lowest BCUT2D eigenvalue weighted by Gasteiger charge is -2.23. The number of carbonyl (C=O) groups is 2. The Balaban J connectivity index is 3.91. The van der Waals surface area contributed by atoms with Crippen LogP contribution in [0.5, 0.6) is 0 Å². The Bertz CT molecular complexity index is 299. The molecule has 0 aromatic rings. The highest BCUT2D eigenvalue weighted by Gasteiger charge is 2.33. The fourth-order valence-electron chi connectivity index (χ4n) is 1.85. The van der Waals surface area contributed by atoms with Crippen molar-refractivity contribution in [3.05, 3.63) is 0 Å². The van der Waals surface area contributed by atoms with Crippen molar-refractivity contribution in [3.8, 4) is 0 Å². The van der Waals surface area contributed by atoms with Crippen LogP contribution in [0.25, 0.3) is 0 Å². The monoisotopic (exact) mass is 305 g/mol. The normalized spacial score (nSPS) is 16.8. The molecule has 0 saturated heterocycles. The van der Waals surface area contributed by atoms with Crippen molar-refractivity contribution in [2.45, 2.75) is 69.9 Å². The van der Waals surface area contributed by atoms with Crippen LogP contribution in [0.2, 0.25) is 0 Å². The average Bonchev–Trinajstić information content (AvgIpc) is 2.50. The van der Waals surface area contributed by atoms with Crippen LogP contribution in [0, 0.1) is 0 Å². The first kappa shape index (κ1) is 20.0. The van der Waals surface area contributed by atoms with E-state index in [1.807, 2.05) is 0 Å². The maximum Gasteiger partial charge on any atom is 0.251 e. The number of aldehydes is 1. The van der Waals surface area contributed by atoms with Gasteiger partial charge in [-0.3, -0.25) is 4.79 Å². The quantitative estimate of drug-likeness (QED) is 0.235. The second-order valence-corrected chi connectivity index (χ2v) is 5.11. The lowest BCUT2D eigenvalue weighted by molar-refractivity contribution is -0.149. The molecule has 0 bridgehead atoms. The first-order valence-corrected chi connectivity index (χ1v) is 7.41. The first-order valence-electron chi connectivity index (χ1n) is 7.41. The van der Waals surface area contributed by atoms with E-state index in [1.54, 1.807) is 0 Å². The standard InChI is InChI=1S/C14H27NO6/c1-2-3-4-5-6-7-8-15-14(21)13(20)12(19)11(18)10(17)9-16/h9-13,17-20H,2-8H2,1H3,(H,15,21)/t10-,11+,12+,13-/m0/s1. The van der Waals surface area contributed by atoms with Gasteiger partial charge in [0, 0.05) is 6.54 Å². The molecule has 0 aliphatic heterocycles. The highest BCUT2D eigenvalue weighted by atomic mass is 16.4. The molecule has 0 aliphatic rings. The summed E-state index contributed by atoms with van der Waals surface area (Å²) in [6.45, 7) is 2.49. The number of hydrogen-bond donors (Lipinski definition) is 5. The molecule has 0 radical (unpaired) electrons. The molecule has 0 aromatic heterocycles. The van der Waals surface area contributed by atoms with Gasteiger partial charge >= 0.3 is 0 Å². The first-order chi connectivity index (χ1) is 9.95. The zero-order valence-corrected chi connectivity index (χ0v) is 12.4. The zero-order valence-electron chi connectivity index (χ0n) is 12.4. The molecule has 21 heavy (non-hydrogen) atoms. The van der Waals surface area contributed by atoms with Gasteiger partial charge < -0.3 is 30.5 Å². The largest absolute Gasteiger partial charge is 0.387 e. The molecule has 0 spiro atoms. The van der Waals surface area contributed by atoms with Crippen LogP contribution in [-0.2, 0) is 9.59 Å². The van der Waals surface area contributed by atoms with Crippen LogP contribution >= 0.6 is 0 Å². The molecule has 0 unspecified atom stereocenters. The van der Waals surface area contributed by atoms with Gasteiger partial charge in [0.25, 0.3) is 5.91 Å². The van der Waals surface area contributed by atoms with Crippen LogP contribution in [0.4, 0.5) is 0 Å². The number of carbonyl (C=O) groups excluding carboxylic acids is 2. The number of hydrogen-bond acceptors (Lipinski definition) is 6. The van der Waals surface area contributed by atoms with Crippen molar-refractivity contribution >= 4 is 12.2 Å². The molecule has 4 atom stereocenters. The molecule has 124 valence electrons. The van der Waals surface area contributed by atoms with E-state index in [0.29, 0.717) is 6.54 Å². The predicted molar refractivity (Wildman–Crippen MR) is 76.5 cm³/mol. The fourth-order valence-corrected chi connectivity index (χ4v) is 1.85. The van der Waals surface area contributed by atoms with E-state index in [0.717, 1.165) is 32.1 Å². The minimum absolute atomic E-state index is 0.0226. The van der Waals surface area contributed by atoms with Gasteiger partial charge in [0.15, 0.2) is 12.4 Å². The van der Waals surface area contributed by atoms with Gasteiger partial charge in [0.1, 0.15) is 18.3 Å². The molecule has 0 aliphatic carbocycles. The van der Waals surface area contributed by atoms with Crippen molar-refractivity contribution in [1.82, 2.24) is 5.32 Å². The maximum absolute atomic E-state index is 11.5. The van der Waals surface area contributed by atoms with E-state index in [9.17, 15) is 24.9 Å². The third-order valence-corrected chi connectivity index (χ3v) is 3.26. The van der Waals surface area contributed by atoms with E-state index >= 15 is 0 Å². The van der Waals surface area contributed by atoms with E-state index in [4.69, 9.17) is 5.11 Å². The SMILES string of the molecule is CCCCCCCCNC(=O)[C@@H](O)[C@H](O)[C@H](O)[C@@H](O)C=O. The fraction of sp³-hybridized carbons (Fsp3) is 0.857. The van der Waals surface area contributed by atoms with Crippen molar-refractivity contribution in [1.29, 1.82) is 0 Å². The smallest absolute Gasteiger partial charge is 0.251 e. The second-order valence-electron chi connectivity index (χ2n) is 5.11. The molecule has 0 saturated carbocycles. The molecule has 0 rings (SSSR count). The molecule has 0 fully saturated rings. The average molecular weight is 305 g/mol. The van der Waals surface area contributed by atoms with Crippen LogP contribution in [0.15, 0.2) is 0 Å². The van der Waals surface area contributed by atoms with Crippen LogP contribution < -0.4 is 5.32 Å². The Labute approximate surface area is 125 Å². The predicted octanol–water partition coefficient (Wildman–Crippen LogP) is -0.894. The summed E-state index contributed by atoms with van der Waals surface area (Å²) < 4.78 is 0. The molecular weight excluding hydrogens is 278 g/mol. The van der Waals surface area contributed by atoms with Gasteiger partial charge in [0.2, 0.25) is 0 Å². The molecule has 7 nitrogen and oxygen atoms in total. The Hall–Kier alpha value is -1.02. The van der Waals surface area contributed by atoms with E-state index in [1.165, 1.54) is 6.42 Å². The second kappa shape index (κ2) is 11.6. The molecule has 7 heteroatoms. The summed E-state index contributed by atoms with van der Waals surface area (Å²) in [6.07, 6.45) is -1.23. The Kier molecular flexibility index (Phi) is 11.1. The number of unbranched alkanes of at least 4 members (excludes halogenated alkanes) is 5. The highest BCUT2D eigenvalue weighted by molar-refractivity contribution is 5.81. The Morgan fingerprint density at radius 2 is 1.57 bits per heavy atom.